The van der Waals surface area contributed by atoms with Crippen LogP contribution in [-0.2, 0) is 15.7 Å². The van der Waals surface area contributed by atoms with Gasteiger partial charge in [-0.05, 0) is 66.7 Å². The number of alkyl halides is 3. The molecule has 0 atom stereocenters. The number of ether oxygens (including phenoxy) is 1. The fourth-order valence-corrected chi connectivity index (χ4v) is 3.56. The number of likely N-dealkylation sites (N-methyl/N-ethyl adjacent to an activating group) is 1. The molecule has 1 fully saturated rings. The maximum Gasteiger partial charge on any atom is 0.416 e. The number of amides is 1. The lowest BCUT2D eigenvalue weighted by Crippen LogP contribution is -2.23. The Bertz CT molecular complexity index is 1010. The number of amidine groups is 1. The number of thioether (sulfide) groups is 1. The van der Waals surface area contributed by atoms with Crippen LogP contribution in [0.5, 0.6) is 0 Å². The zero-order chi connectivity index (χ0) is 21.9. The lowest BCUT2D eigenvalue weighted by atomic mass is 10.1. The van der Waals surface area contributed by atoms with Gasteiger partial charge in [0, 0.05) is 7.05 Å². The summed E-state index contributed by atoms with van der Waals surface area (Å²) in [6.07, 6.45) is -2.89. The van der Waals surface area contributed by atoms with Crippen molar-refractivity contribution in [3.05, 3.63) is 70.1 Å². The maximum absolute atomic E-state index is 12.7. The number of halogens is 3. The van der Waals surface area contributed by atoms with Gasteiger partial charge in [-0.25, -0.2) is 9.79 Å². The van der Waals surface area contributed by atoms with E-state index in [0.29, 0.717) is 26.9 Å². The number of aliphatic imine (C=N–C) groups is 1. The number of carbonyl (C=O) groups excluding carboxylic acids is 2. The quantitative estimate of drug-likeness (QED) is 0.495. The SMILES string of the molecule is CCOC(=O)c1ccc(N=C2SC(=Cc3ccc(C(F)(F)F)cc3)C(=O)N2C)cc1. The van der Waals surface area contributed by atoms with Gasteiger partial charge in [0.25, 0.3) is 5.91 Å². The van der Waals surface area contributed by atoms with Crippen molar-refractivity contribution in [3.63, 3.8) is 0 Å². The number of nitrogens with zero attached hydrogens (tertiary/aromatic N) is 2. The van der Waals surface area contributed by atoms with Crippen molar-refractivity contribution in [3.8, 4) is 0 Å². The van der Waals surface area contributed by atoms with Crippen LogP contribution >= 0.6 is 11.8 Å². The van der Waals surface area contributed by atoms with E-state index >= 15 is 0 Å². The molecule has 1 heterocycles. The van der Waals surface area contributed by atoms with Gasteiger partial charge < -0.3 is 4.74 Å². The standard InChI is InChI=1S/C21H17F3N2O3S/c1-3-29-19(28)14-6-10-16(11-7-14)25-20-26(2)18(27)17(30-20)12-13-4-8-15(9-5-13)21(22,23)24/h4-12H,3H2,1-2H3. The molecular weight excluding hydrogens is 417 g/mol. The lowest BCUT2D eigenvalue weighted by molar-refractivity contribution is -0.137. The van der Waals surface area contributed by atoms with E-state index in [4.69, 9.17) is 4.74 Å². The number of hydrogen-bond donors (Lipinski definition) is 0. The third-order valence-corrected chi connectivity index (χ3v) is 5.20. The molecule has 0 bridgehead atoms. The molecule has 1 aliphatic heterocycles. The molecule has 9 heteroatoms. The molecule has 2 aromatic rings. The average molecular weight is 434 g/mol. The molecule has 1 saturated heterocycles. The van der Waals surface area contributed by atoms with Crippen molar-refractivity contribution in [2.45, 2.75) is 13.1 Å². The molecule has 0 spiro atoms. The Morgan fingerprint density at radius 1 is 1.13 bits per heavy atom. The van der Waals surface area contributed by atoms with Crippen molar-refractivity contribution in [1.82, 2.24) is 4.90 Å². The van der Waals surface area contributed by atoms with E-state index in [-0.39, 0.29) is 12.5 Å². The first-order valence-corrected chi connectivity index (χ1v) is 9.71. The minimum atomic E-state index is -4.41. The second-order valence-electron chi connectivity index (χ2n) is 6.26. The monoisotopic (exact) mass is 434 g/mol. The number of esters is 1. The Labute approximate surface area is 175 Å². The van der Waals surface area contributed by atoms with Gasteiger partial charge in [-0.3, -0.25) is 9.69 Å². The van der Waals surface area contributed by atoms with Gasteiger partial charge in [0.05, 0.1) is 28.3 Å². The normalized spacial score (nSPS) is 17.1. The van der Waals surface area contributed by atoms with Crippen LogP contribution in [0.2, 0.25) is 0 Å². The summed E-state index contributed by atoms with van der Waals surface area (Å²) >= 11 is 1.12. The van der Waals surface area contributed by atoms with E-state index in [1.54, 1.807) is 38.2 Å². The smallest absolute Gasteiger partial charge is 0.416 e. The zero-order valence-electron chi connectivity index (χ0n) is 16.1. The highest BCUT2D eigenvalue weighted by atomic mass is 32.2. The summed E-state index contributed by atoms with van der Waals surface area (Å²) < 4.78 is 43.0. The summed E-state index contributed by atoms with van der Waals surface area (Å²) in [5, 5.41) is 0.419. The molecule has 1 amide bonds. The summed E-state index contributed by atoms with van der Waals surface area (Å²) in [5.41, 5.74) is 0.668. The maximum atomic E-state index is 12.7. The van der Waals surface area contributed by atoms with E-state index in [0.717, 1.165) is 23.9 Å². The van der Waals surface area contributed by atoms with Crippen LogP contribution in [0.1, 0.15) is 28.4 Å². The van der Waals surface area contributed by atoms with Crippen molar-refractivity contribution in [2.75, 3.05) is 13.7 Å². The molecule has 156 valence electrons. The largest absolute Gasteiger partial charge is 0.462 e. The first-order chi connectivity index (χ1) is 14.2. The van der Waals surface area contributed by atoms with Crippen LogP contribution in [0.3, 0.4) is 0 Å². The summed E-state index contributed by atoms with van der Waals surface area (Å²) in [5.74, 6) is -0.734. The van der Waals surface area contributed by atoms with Gasteiger partial charge in [0.2, 0.25) is 0 Å². The summed E-state index contributed by atoms with van der Waals surface area (Å²) in [6.45, 7) is 2.00. The van der Waals surface area contributed by atoms with Crippen LogP contribution in [0.4, 0.5) is 18.9 Å². The molecule has 3 rings (SSSR count). The van der Waals surface area contributed by atoms with Gasteiger partial charge >= 0.3 is 12.1 Å². The molecule has 0 radical (unpaired) electrons. The number of carbonyl (C=O) groups is 2. The van der Waals surface area contributed by atoms with Gasteiger partial charge in [0.15, 0.2) is 5.17 Å². The fourth-order valence-electron chi connectivity index (χ4n) is 2.57. The molecule has 0 saturated carbocycles. The molecular formula is C21H17F3N2O3S. The van der Waals surface area contributed by atoms with Crippen LogP contribution in [0.15, 0.2) is 58.4 Å². The second-order valence-corrected chi connectivity index (χ2v) is 7.27. The molecule has 0 aromatic heterocycles. The number of rotatable bonds is 4. The van der Waals surface area contributed by atoms with Crippen LogP contribution in [0, 0.1) is 0 Å². The number of benzene rings is 2. The first-order valence-electron chi connectivity index (χ1n) is 8.90. The third-order valence-electron chi connectivity index (χ3n) is 4.14. The topological polar surface area (TPSA) is 59.0 Å². The Balaban J connectivity index is 1.78. The molecule has 0 N–H and O–H groups in total. The van der Waals surface area contributed by atoms with Crippen LogP contribution in [-0.4, -0.2) is 35.6 Å². The molecule has 30 heavy (non-hydrogen) atoms. The van der Waals surface area contributed by atoms with E-state index in [2.05, 4.69) is 4.99 Å². The fraction of sp³-hybridized carbons (Fsp3) is 0.190. The Morgan fingerprint density at radius 2 is 1.77 bits per heavy atom. The lowest BCUT2D eigenvalue weighted by Gasteiger charge is -2.07. The Morgan fingerprint density at radius 3 is 2.33 bits per heavy atom. The molecule has 5 nitrogen and oxygen atoms in total. The zero-order valence-corrected chi connectivity index (χ0v) is 16.9. The number of hydrogen-bond acceptors (Lipinski definition) is 5. The van der Waals surface area contributed by atoms with Gasteiger partial charge in [-0.2, -0.15) is 13.2 Å². The van der Waals surface area contributed by atoms with Gasteiger partial charge in [0.1, 0.15) is 0 Å². The third kappa shape index (κ3) is 4.91. The highest BCUT2D eigenvalue weighted by molar-refractivity contribution is 8.18. The average Bonchev–Trinajstić information content (AvgIpc) is 2.96. The van der Waals surface area contributed by atoms with Gasteiger partial charge in [-0.15, -0.1) is 0 Å². The minimum Gasteiger partial charge on any atom is -0.462 e. The Hall–Kier alpha value is -3.07. The Kier molecular flexibility index (Phi) is 6.31. The predicted molar refractivity (Wildman–Crippen MR) is 109 cm³/mol. The molecule has 0 unspecified atom stereocenters. The van der Waals surface area contributed by atoms with Gasteiger partial charge in [-0.1, -0.05) is 12.1 Å². The summed E-state index contributed by atoms with van der Waals surface area (Å²) in [6, 6.07) is 11.0. The van der Waals surface area contributed by atoms with Crippen molar-refractivity contribution >= 4 is 40.6 Å². The van der Waals surface area contributed by atoms with Crippen molar-refractivity contribution in [2.24, 2.45) is 4.99 Å². The highest BCUT2D eigenvalue weighted by Crippen LogP contribution is 2.34. The van der Waals surface area contributed by atoms with E-state index in [9.17, 15) is 22.8 Å². The summed E-state index contributed by atoms with van der Waals surface area (Å²) in [4.78, 5) is 30.3. The molecule has 2 aromatic carbocycles. The van der Waals surface area contributed by atoms with E-state index in [1.165, 1.54) is 23.1 Å². The predicted octanol–water partition coefficient (Wildman–Crippen LogP) is 5.12. The molecule has 0 aliphatic carbocycles. The van der Waals surface area contributed by atoms with E-state index < -0.39 is 17.7 Å². The van der Waals surface area contributed by atoms with Crippen molar-refractivity contribution in [1.29, 1.82) is 0 Å². The van der Waals surface area contributed by atoms with Crippen molar-refractivity contribution < 1.29 is 27.5 Å². The first kappa shape index (κ1) is 21.6. The highest BCUT2D eigenvalue weighted by Gasteiger charge is 2.31. The second kappa shape index (κ2) is 8.74. The van der Waals surface area contributed by atoms with E-state index in [1.807, 2.05) is 0 Å². The minimum absolute atomic E-state index is 0.278. The summed E-state index contributed by atoms with van der Waals surface area (Å²) in [7, 11) is 1.56. The van der Waals surface area contributed by atoms with Crippen LogP contribution < -0.4 is 0 Å². The van der Waals surface area contributed by atoms with Crippen LogP contribution in [0.25, 0.3) is 6.08 Å². The molecule has 1 aliphatic rings.